The van der Waals surface area contributed by atoms with Crippen LogP contribution in [0.4, 0.5) is 0 Å². The Labute approximate surface area is 176 Å². The average Bonchev–Trinajstić information content (AvgIpc) is 3.43. The van der Waals surface area contributed by atoms with Crippen molar-refractivity contribution in [2.24, 2.45) is 0 Å². The maximum atomic E-state index is 6.49. The molecule has 1 saturated heterocycles. The Hall–Kier alpha value is -2.28. The monoisotopic (exact) mass is 410 g/mol. The minimum Gasteiger partial charge on any atom is -0.497 e. The molecule has 1 aromatic heterocycles. The van der Waals surface area contributed by atoms with Gasteiger partial charge in [0.2, 0.25) is 0 Å². The van der Waals surface area contributed by atoms with E-state index in [4.69, 9.17) is 14.2 Å². The number of hydrogen-bond acceptors (Lipinski definition) is 5. The van der Waals surface area contributed by atoms with Gasteiger partial charge in [-0.05, 0) is 36.2 Å². The molecule has 0 radical (unpaired) electrons. The third-order valence-corrected chi connectivity index (χ3v) is 6.17. The number of imidazole rings is 1. The highest BCUT2D eigenvalue weighted by atomic mass is 32.2. The van der Waals surface area contributed by atoms with Crippen LogP contribution in [0.25, 0.3) is 0 Å². The molecule has 2 unspecified atom stereocenters. The lowest BCUT2D eigenvalue weighted by Crippen LogP contribution is -2.37. The van der Waals surface area contributed by atoms with Crippen LogP contribution < -0.4 is 4.74 Å². The van der Waals surface area contributed by atoms with E-state index in [0.717, 1.165) is 24.3 Å². The van der Waals surface area contributed by atoms with Gasteiger partial charge in [-0.25, -0.2) is 4.98 Å². The number of rotatable bonds is 9. The van der Waals surface area contributed by atoms with Crippen LogP contribution in [-0.2, 0) is 22.4 Å². The van der Waals surface area contributed by atoms with Crippen molar-refractivity contribution in [2.45, 2.75) is 36.2 Å². The van der Waals surface area contributed by atoms with Gasteiger partial charge in [0, 0.05) is 29.5 Å². The molecule has 152 valence electrons. The Morgan fingerprint density at radius 2 is 2.00 bits per heavy atom. The van der Waals surface area contributed by atoms with E-state index in [1.165, 1.54) is 10.5 Å². The largest absolute Gasteiger partial charge is 0.497 e. The molecule has 1 aliphatic heterocycles. The molecule has 0 bridgehead atoms. The summed E-state index contributed by atoms with van der Waals surface area (Å²) in [6, 6.07) is 18.6. The van der Waals surface area contributed by atoms with Gasteiger partial charge in [-0.1, -0.05) is 30.3 Å². The number of aryl methyl sites for hydroxylation is 1. The van der Waals surface area contributed by atoms with Crippen LogP contribution in [0.3, 0.4) is 0 Å². The van der Waals surface area contributed by atoms with Gasteiger partial charge in [0.05, 0.1) is 32.7 Å². The maximum Gasteiger partial charge on any atom is 0.187 e. The van der Waals surface area contributed by atoms with Crippen LogP contribution in [0.5, 0.6) is 5.75 Å². The molecule has 0 spiro atoms. The Balaban J connectivity index is 1.40. The van der Waals surface area contributed by atoms with E-state index in [0.29, 0.717) is 13.2 Å². The molecule has 0 amide bonds. The van der Waals surface area contributed by atoms with Crippen LogP contribution in [0.1, 0.15) is 12.0 Å². The first-order valence-electron chi connectivity index (χ1n) is 9.83. The predicted octanol–water partition coefficient (Wildman–Crippen LogP) is 4.43. The third kappa shape index (κ3) is 5.41. The van der Waals surface area contributed by atoms with Gasteiger partial charge in [0.15, 0.2) is 5.79 Å². The molecule has 4 rings (SSSR count). The highest BCUT2D eigenvalue weighted by molar-refractivity contribution is 7.99. The zero-order valence-electron chi connectivity index (χ0n) is 16.6. The van der Waals surface area contributed by atoms with Crippen LogP contribution in [0.2, 0.25) is 0 Å². The fourth-order valence-electron chi connectivity index (χ4n) is 3.48. The number of benzene rings is 2. The predicted molar refractivity (Wildman–Crippen MR) is 114 cm³/mol. The topological polar surface area (TPSA) is 45.5 Å². The highest BCUT2D eigenvalue weighted by Crippen LogP contribution is 2.33. The zero-order valence-corrected chi connectivity index (χ0v) is 17.4. The van der Waals surface area contributed by atoms with Gasteiger partial charge in [-0.15, -0.1) is 11.8 Å². The maximum absolute atomic E-state index is 6.49. The molecule has 1 aliphatic rings. The van der Waals surface area contributed by atoms with E-state index in [9.17, 15) is 0 Å². The van der Waals surface area contributed by atoms with E-state index in [-0.39, 0.29) is 6.10 Å². The lowest BCUT2D eigenvalue weighted by Gasteiger charge is -2.28. The molecule has 0 saturated carbocycles. The van der Waals surface area contributed by atoms with E-state index < -0.39 is 5.79 Å². The first-order chi connectivity index (χ1) is 14.2. The SMILES string of the molecule is COc1ccc(CCC2(Cn3ccnc3)OCC(CSc3ccccc3)O2)cc1. The van der Waals surface area contributed by atoms with E-state index >= 15 is 0 Å². The Morgan fingerprint density at radius 1 is 1.17 bits per heavy atom. The molecule has 6 heteroatoms. The highest BCUT2D eigenvalue weighted by Gasteiger charge is 2.41. The van der Waals surface area contributed by atoms with Crippen molar-refractivity contribution in [1.29, 1.82) is 0 Å². The van der Waals surface area contributed by atoms with Crippen molar-refractivity contribution >= 4 is 11.8 Å². The van der Waals surface area contributed by atoms with Crippen LogP contribution in [0, 0.1) is 0 Å². The summed E-state index contributed by atoms with van der Waals surface area (Å²) in [4.78, 5) is 5.41. The lowest BCUT2D eigenvalue weighted by molar-refractivity contribution is -0.180. The fraction of sp³-hybridized carbons (Fsp3) is 0.348. The number of aromatic nitrogens is 2. The molecule has 2 aromatic carbocycles. The smallest absolute Gasteiger partial charge is 0.187 e. The summed E-state index contributed by atoms with van der Waals surface area (Å²) in [6.45, 7) is 1.24. The summed E-state index contributed by atoms with van der Waals surface area (Å²) in [5.41, 5.74) is 1.24. The molecular formula is C23H26N2O3S. The summed E-state index contributed by atoms with van der Waals surface area (Å²) in [5, 5.41) is 0. The Bertz CT molecular complexity index is 871. The number of thioether (sulfide) groups is 1. The standard InChI is InChI=1S/C23H26N2O3S/c1-26-20-9-7-19(8-10-20)11-12-23(17-25-14-13-24-18-25)27-15-21(28-23)16-29-22-5-3-2-4-6-22/h2-10,13-14,18,21H,11-12,15-17H2,1H3. The summed E-state index contributed by atoms with van der Waals surface area (Å²) in [7, 11) is 1.68. The van der Waals surface area contributed by atoms with Gasteiger partial charge >= 0.3 is 0 Å². The minimum atomic E-state index is -0.636. The van der Waals surface area contributed by atoms with Crippen LogP contribution in [0.15, 0.2) is 78.2 Å². The first-order valence-corrected chi connectivity index (χ1v) is 10.8. The molecule has 2 heterocycles. The van der Waals surface area contributed by atoms with Gasteiger partial charge in [-0.3, -0.25) is 0 Å². The van der Waals surface area contributed by atoms with Crippen molar-refractivity contribution in [2.75, 3.05) is 19.5 Å². The van der Waals surface area contributed by atoms with Crippen molar-refractivity contribution in [3.05, 3.63) is 78.9 Å². The minimum absolute atomic E-state index is 0.0691. The molecule has 29 heavy (non-hydrogen) atoms. The van der Waals surface area contributed by atoms with E-state index in [1.807, 2.05) is 35.3 Å². The van der Waals surface area contributed by atoms with Crippen molar-refractivity contribution in [3.63, 3.8) is 0 Å². The molecule has 0 aliphatic carbocycles. The Kier molecular flexibility index (Phi) is 6.54. The van der Waals surface area contributed by atoms with E-state index in [1.54, 1.807) is 25.1 Å². The van der Waals surface area contributed by atoms with Gasteiger partial charge in [-0.2, -0.15) is 0 Å². The molecule has 5 nitrogen and oxygen atoms in total. The van der Waals surface area contributed by atoms with Crippen LogP contribution >= 0.6 is 11.8 Å². The summed E-state index contributed by atoms with van der Waals surface area (Å²) in [6.07, 6.45) is 7.28. The van der Waals surface area contributed by atoms with Crippen molar-refractivity contribution in [1.82, 2.24) is 9.55 Å². The normalized spacial score (nSPS) is 21.3. The summed E-state index contributed by atoms with van der Waals surface area (Å²) >= 11 is 1.81. The molecule has 2 atom stereocenters. The Morgan fingerprint density at radius 3 is 2.72 bits per heavy atom. The van der Waals surface area contributed by atoms with E-state index in [2.05, 4.69) is 41.4 Å². The second-order valence-electron chi connectivity index (χ2n) is 7.17. The van der Waals surface area contributed by atoms with Crippen LogP contribution in [-0.4, -0.2) is 40.9 Å². The van der Waals surface area contributed by atoms with Gasteiger partial charge in [0.25, 0.3) is 0 Å². The molecule has 0 N–H and O–H groups in total. The first kappa shape index (κ1) is 20.0. The van der Waals surface area contributed by atoms with Crippen molar-refractivity contribution < 1.29 is 14.2 Å². The number of hydrogen-bond donors (Lipinski definition) is 0. The molecular weight excluding hydrogens is 384 g/mol. The zero-order chi connectivity index (χ0) is 19.9. The summed E-state index contributed by atoms with van der Waals surface area (Å²) in [5.74, 6) is 1.11. The second kappa shape index (κ2) is 9.48. The molecule has 1 fully saturated rings. The van der Waals surface area contributed by atoms with Crippen molar-refractivity contribution in [3.8, 4) is 5.75 Å². The fourth-order valence-corrected chi connectivity index (χ4v) is 4.38. The third-order valence-electron chi connectivity index (χ3n) is 5.03. The average molecular weight is 411 g/mol. The van der Waals surface area contributed by atoms with Gasteiger partial charge < -0.3 is 18.8 Å². The number of nitrogens with zero attached hydrogens (tertiary/aromatic N) is 2. The molecule has 3 aromatic rings. The van der Waals surface area contributed by atoms with Gasteiger partial charge in [0.1, 0.15) is 5.75 Å². The number of ether oxygens (including phenoxy) is 3. The number of methoxy groups -OCH3 is 1. The quantitative estimate of drug-likeness (QED) is 0.489. The lowest BCUT2D eigenvalue weighted by atomic mass is 10.0. The summed E-state index contributed by atoms with van der Waals surface area (Å²) < 4.78 is 20.0. The second-order valence-corrected chi connectivity index (χ2v) is 8.26.